The fraction of sp³-hybridized carbons (Fsp3) is 0.250. The average Bonchev–Trinajstić information content (AvgIpc) is 2.81. The first-order valence-corrected chi connectivity index (χ1v) is 5.58. The summed E-state index contributed by atoms with van der Waals surface area (Å²) >= 11 is 0. The summed E-state index contributed by atoms with van der Waals surface area (Å²) in [4.78, 5) is 15.4. The molecule has 0 atom stereocenters. The lowest BCUT2D eigenvalue weighted by atomic mass is 10.3. The number of rotatable bonds is 5. The summed E-state index contributed by atoms with van der Waals surface area (Å²) in [5, 5.41) is 6.10. The molecule has 1 N–H and O–H groups in total. The summed E-state index contributed by atoms with van der Waals surface area (Å²) in [7, 11) is 0. The van der Waals surface area contributed by atoms with Gasteiger partial charge in [0.05, 0.1) is 6.54 Å². The summed E-state index contributed by atoms with van der Waals surface area (Å²) in [5.41, 5.74) is 0. The minimum atomic E-state index is -0.511. The quantitative estimate of drug-likeness (QED) is 0.879. The largest absolute Gasteiger partial charge is 0.481 e. The Morgan fingerprint density at radius 1 is 1.47 bits per heavy atom. The standard InChI is InChI=1S/C12H12FN3O3/c1-8-15-12(19-16-8)6-14-11(17)7-18-10-5-3-2-4-9(10)13/h2-5H,6-7H2,1H3,(H,14,17). The number of carbonyl (C=O) groups excluding carboxylic acids is 1. The molecule has 0 bridgehead atoms. The highest BCUT2D eigenvalue weighted by Gasteiger charge is 2.08. The molecule has 2 aromatic rings. The Balaban J connectivity index is 1.77. The van der Waals surface area contributed by atoms with E-state index in [2.05, 4.69) is 15.5 Å². The summed E-state index contributed by atoms with van der Waals surface area (Å²) in [6, 6.07) is 5.87. The highest BCUT2D eigenvalue weighted by atomic mass is 19.1. The van der Waals surface area contributed by atoms with Gasteiger partial charge in [-0.15, -0.1) is 0 Å². The Morgan fingerprint density at radius 2 is 2.26 bits per heavy atom. The zero-order valence-corrected chi connectivity index (χ0v) is 10.2. The molecule has 0 radical (unpaired) electrons. The van der Waals surface area contributed by atoms with Gasteiger partial charge < -0.3 is 14.6 Å². The smallest absolute Gasteiger partial charge is 0.258 e. The topological polar surface area (TPSA) is 77.2 Å². The Kier molecular flexibility index (Phi) is 4.07. The molecule has 6 nitrogen and oxygen atoms in total. The first kappa shape index (κ1) is 13.0. The number of para-hydroxylation sites is 1. The maximum Gasteiger partial charge on any atom is 0.258 e. The van der Waals surface area contributed by atoms with Crippen LogP contribution in [0.25, 0.3) is 0 Å². The minimum Gasteiger partial charge on any atom is -0.481 e. The van der Waals surface area contributed by atoms with Gasteiger partial charge in [-0.3, -0.25) is 4.79 Å². The van der Waals surface area contributed by atoms with Crippen molar-refractivity contribution in [3.8, 4) is 5.75 Å². The van der Waals surface area contributed by atoms with Gasteiger partial charge in [-0.1, -0.05) is 17.3 Å². The molecule has 0 fully saturated rings. The van der Waals surface area contributed by atoms with E-state index in [0.717, 1.165) is 0 Å². The molecule has 100 valence electrons. The molecule has 0 spiro atoms. The van der Waals surface area contributed by atoms with Crippen LogP contribution in [0.15, 0.2) is 28.8 Å². The van der Waals surface area contributed by atoms with Gasteiger partial charge in [-0.05, 0) is 19.1 Å². The number of nitrogens with zero attached hydrogens (tertiary/aromatic N) is 2. The molecule has 19 heavy (non-hydrogen) atoms. The molecule has 1 aromatic heterocycles. The number of aromatic nitrogens is 2. The molecule has 0 aliphatic rings. The van der Waals surface area contributed by atoms with Crippen LogP contribution in [-0.2, 0) is 11.3 Å². The molecule has 0 aliphatic heterocycles. The van der Waals surface area contributed by atoms with E-state index in [-0.39, 0.29) is 18.9 Å². The molecule has 1 heterocycles. The van der Waals surface area contributed by atoms with Crippen LogP contribution in [0, 0.1) is 12.7 Å². The van der Waals surface area contributed by atoms with E-state index in [1.807, 2.05) is 0 Å². The molecule has 0 saturated carbocycles. The van der Waals surface area contributed by atoms with Gasteiger partial charge in [0.15, 0.2) is 24.0 Å². The van der Waals surface area contributed by atoms with Crippen molar-refractivity contribution in [3.63, 3.8) is 0 Å². The number of aryl methyl sites for hydroxylation is 1. The molecule has 0 aliphatic carbocycles. The summed E-state index contributed by atoms with van der Waals surface area (Å²) in [6.45, 7) is 1.50. The van der Waals surface area contributed by atoms with E-state index in [0.29, 0.717) is 11.7 Å². The maximum atomic E-state index is 13.2. The molecule has 1 aromatic carbocycles. The first-order valence-electron chi connectivity index (χ1n) is 5.58. The Labute approximate surface area is 108 Å². The monoisotopic (exact) mass is 265 g/mol. The number of ether oxygens (including phenoxy) is 1. The second kappa shape index (κ2) is 5.94. The SMILES string of the molecule is Cc1noc(CNC(=O)COc2ccccc2F)n1. The second-order valence-corrected chi connectivity index (χ2v) is 3.73. The number of hydrogen-bond donors (Lipinski definition) is 1. The van der Waals surface area contributed by atoms with Crippen molar-refractivity contribution >= 4 is 5.91 Å². The van der Waals surface area contributed by atoms with Crippen LogP contribution in [0.1, 0.15) is 11.7 Å². The maximum absolute atomic E-state index is 13.2. The lowest BCUT2D eigenvalue weighted by Crippen LogP contribution is -2.28. The van der Waals surface area contributed by atoms with Crippen molar-refractivity contribution in [1.29, 1.82) is 0 Å². The van der Waals surface area contributed by atoms with Gasteiger partial charge in [-0.25, -0.2) is 4.39 Å². The van der Waals surface area contributed by atoms with E-state index in [9.17, 15) is 9.18 Å². The van der Waals surface area contributed by atoms with Crippen LogP contribution in [-0.4, -0.2) is 22.7 Å². The summed E-state index contributed by atoms with van der Waals surface area (Å²) in [6.07, 6.45) is 0. The van der Waals surface area contributed by atoms with E-state index >= 15 is 0 Å². The van der Waals surface area contributed by atoms with Crippen LogP contribution >= 0.6 is 0 Å². The van der Waals surface area contributed by atoms with Gasteiger partial charge in [0.2, 0.25) is 5.89 Å². The van der Waals surface area contributed by atoms with Crippen LogP contribution in [0.2, 0.25) is 0 Å². The number of halogens is 1. The van der Waals surface area contributed by atoms with Crippen molar-refractivity contribution in [2.45, 2.75) is 13.5 Å². The lowest BCUT2D eigenvalue weighted by Gasteiger charge is -2.06. The predicted octanol–water partition coefficient (Wildman–Crippen LogP) is 1.21. The molecule has 0 unspecified atom stereocenters. The van der Waals surface area contributed by atoms with Crippen molar-refractivity contribution in [1.82, 2.24) is 15.5 Å². The lowest BCUT2D eigenvalue weighted by molar-refractivity contribution is -0.123. The predicted molar refractivity (Wildman–Crippen MR) is 62.8 cm³/mol. The summed E-state index contributed by atoms with van der Waals surface area (Å²) in [5.74, 6) is -0.0863. The third-order valence-corrected chi connectivity index (χ3v) is 2.20. The number of carbonyl (C=O) groups is 1. The number of amides is 1. The number of nitrogens with one attached hydrogen (secondary N) is 1. The third-order valence-electron chi connectivity index (χ3n) is 2.20. The zero-order valence-electron chi connectivity index (χ0n) is 10.2. The Morgan fingerprint density at radius 3 is 2.95 bits per heavy atom. The zero-order chi connectivity index (χ0) is 13.7. The second-order valence-electron chi connectivity index (χ2n) is 3.73. The van der Waals surface area contributed by atoms with Crippen molar-refractivity contribution in [2.75, 3.05) is 6.61 Å². The fourth-order valence-corrected chi connectivity index (χ4v) is 1.34. The third kappa shape index (κ3) is 3.77. The molecule has 1 amide bonds. The van der Waals surface area contributed by atoms with Gasteiger partial charge in [0, 0.05) is 0 Å². The normalized spacial score (nSPS) is 10.2. The van der Waals surface area contributed by atoms with Crippen molar-refractivity contribution in [2.24, 2.45) is 0 Å². The number of benzene rings is 1. The van der Waals surface area contributed by atoms with Crippen LogP contribution < -0.4 is 10.1 Å². The molecule has 0 saturated heterocycles. The minimum absolute atomic E-state index is 0.0336. The van der Waals surface area contributed by atoms with Crippen LogP contribution in [0.4, 0.5) is 4.39 Å². The van der Waals surface area contributed by atoms with Crippen molar-refractivity contribution < 1.29 is 18.4 Å². The van der Waals surface area contributed by atoms with E-state index in [1.54, 1.807) is 19.1 Å². The van der Waals surface area contributed by atoms with E-state index in [1.165, 1.54) is 12.1 Å². The number of hydrogen-bond acceptors (Lipinski definition) is 5. The fourth-order valence-electron chi connectivity index (χ4n) is 1.34. The first-order chi connectivity index (χ1) is 9.15. The highest BCUT2D eigenvalue weighted by Crippen LogP contribution is 2.14. The van der Waals surface area contributed by atoms with Gasteiger partial charge in [-0.2, -0.15) is 4.98 Å². The van der Waals surface area contributed by atoms with Crippen LogP contribution in [0.5, 0.6) is 5.75 Å². The molecular weight excluding hydrogens is 253 g/mol. The van der Waals surface area contributed by atoms with Gasteiger partial charge >= 0.3 is 0 Å². The Bertz CT molecular complexity index is 571. The Hall–Kier alpha value is -2.44. The molecule has 2 rings (SSSR count). The summed E-state index contributed by atoms with van der Waals surface area (Å²) < 4.78 is 23.1. The van der Waals surface area contributed by atoms with Crippen molar-refractivity contribution in [3.05, 3.63) is 41.8 Å². The van der Waals surface area contributed by atoms with Gasteiger partial charge in [0.25, 0.3) is 5.91 Å². The van der Waals surface area contributed by atoms with Gasteiger partial charge in [0.1, 0.15) is 0 Å². The van der Waals surface area contributed by atoms with E-state index in [4.69, 9.17) is 9.26 Å². The highest BCUT2D eigenvalue weighted by molar-refractivity contribution is 5.77. The average molecular weight is 265 g/mol. The van der Waals surface area contributed by atoms with E-state index < -0.39 is 11.7 Å². The van der Waals surface area contributed by atoms with Crippen LogP contribution in [0.3, 0.4) is 0 Å². The molecule has 7 heteroatoms. The molecular formula is C12H12FN3O3.